The number of nitrogens with one attached hydrogen (secondary N) is 1. The molecule has 8 nitrogen and oxygen atoms in total. The van der Waals surface area contributed by atoms with E-state index in [1.165, 1.54) is 35.2 Å². The number of hydrogen-bond donors (Lipinski definition) is 1. The number of carbonyl (C=O) groups is 1. The molecule has 1 aromatic carbocycles. The van der Waals surface area contributed by atoms with Gasteiger partial charge in [0.15, 0.2) is 10.3 Å². The molecule has 138 valence electrons. The number of nitro groups is 1. The Kier molecular flexibility index (Phi) is 5.77. The van der Waals surface area contributed by atoms with Crippen molar-refractivity contribution in [3.8, 4) is 11.3 Å². The van der Waals surface area contributed by atoms with Crippen molar-refractivity contribution in [2.24, 2.45) is 0 Å². The molecule has 0 spiro atoms. The average molecular weight is 401 g/mol. The molecule has 2 aromatic heterocycles. The third-order valence-electron chi connectivity index (χ3n) is 3.40. The second kappa shape index (κ2) is 8.23. The van der Waals surface area contributed by atoms with Gasteiger partial charge in [-0.1, -0.05) is 23.9 Å². The van der Waals surface area contributed by atoms with E-state index in [4.69, 9.17) is 0 Å². The van der Waals surface area contributed by atoms with Crippen molar-refractivity contribution in [2.45, 2.75) is 19.0 Å². The van der Waals surface area contributed by atoms with E-state index in [2.05, 4.69) is 20.3 Å². The minimum Gasteiger partial charge on any atom is -0.301 e. The number of nitro benzene ring substituents is 1. The van der Waals surface area contributed by atoms with E-state index < -0.39 is 4.92 Å². The summed E-state index contributed by atoms with van der Waals surface area (Å²) in [5.41, 5.74) is 2.90. The lowest BCUT2D eigenvalue weighted by atomic mass is 10.1. The van der Waals surface area contributed by atoms with Crippen molar-refractivity contribution in [3.05, 3.63) is 57.2 Å². The van der Waals surface area contributed by atoms with Crippen molar-refractivity contribution < 1.29 is 9.72 Å². The lowest BCUT2D eigenvalue weighted by molar-refractivity contribution is -0.384. The summed E-state index contributed by atoms with van der Waals surface area (Å²) in [5, 5.41) is 16.3. The van der Waals surface area contributed by atoms with Crippen molar-refractivity contribution in [1.82, 2.24) is 15.0 Å². The van der Waals surface area contributed by atoms with Crippen LogP contribution in [0.3, 0.4) is 0 Å². The van der Waals surface area contributed by atoms with Crippen molar-refractivity contribution in [1.29, 1.82) is 0 Å². The fourth-order valence-electron chi connectivity index (χ4n) is 2.29. The summed E-state index contributed by atoms with van der Waals surface area (Å²) in [6.45, 7) is 3.76. The van der Waals surface area contributed by atoms with E-state index in [1.54, 1.807) is 17.5 Å². The molecule has 0 unspecified atom stereocenters. The van der Waals surface area contributed by atoms with E-state index in [0.29, 0.717) is 21.5 Å². The number of aromatic nitrogens is 3. The highest BCUT2D eigenvalue weighted by molar-refractivity contribution is 7.99. The number of anilines is 1. The molecule has 3 aromatic rings. The second-order valence-electron chi connectivity index (χ2n) is 5.62. The summed E-state index contributed by atoms with van der Waals surface area (Å²) >= 11 is 2.51. The van der Waals surface area contributed by atoms with E-state index in [1.807, 2.05) is 19.9 Å². The molecule has 0 bridgehead atoms. The van der Waals surface area contributed by atoms with Gasteiger partial charge in [0.1, 0.15) is 0 Å². The van der Waals surface area contributed by atoms with Crippen LogP contribution in [0.1, 0.15) is 11.4 Å². The predicted octanol–water partition coefficient (Wildman–Crippen LogP) is 3.86. The topological polar surface area (TPSA) is 111 Å². The average Bonchev–Trinajstić information content (AvgIpc) is 3.08. The SMILES string of the molecule is Cc1cc(C)nc(SCC(=O)Nc2nc(-c3cccc([N+](=O)[O-])c3)cs2)n1. The van der Waals surface area contributed by atoms with Gasteiger partial charge in [-0.05, 0) is 19.9 Å². The minimum atomic E-state index is -0.454. The maximum atomic E-state index is 12.1. The van der Waals surface area contributed by atoms with Crippen LogP contribution >= 0.6 is 23.1 Å². The molecule has 0 aliphatic rings. The molecule has 0 aliphatic heterocycles. The van der Waals surface area contributed by atoms with Gasteiger partial charge in [0.2, 0.25) is 5.91 Å². The van der Waals surface area contributed by atoms with Crippen LogP contribution in [-0.4, -0.2) is 31.5 Å². The van der Waals surface area contributed by atoms with Gasteiger partial charge in [-0.15, -0.1) is 11.3 Å². The first-order valence-corrected chi connectivity index (χ1v) is 9.72. The molecule has 1 amide bonds. The van der Waals surface area contributed by atoms with Gasteiger partial charge in [0, 0.05) is 34.5 Å². The fraction of sp³-hybridized carbons (Fsp3) is 0.176. The fourth-order valence-corrected chi connectivity index (χ4v) is 3.77. The van der Waals surface area contributed by atoms with E-state index in [0.717, 1.165) is 11.4 Å². The molecule has 0 saturated carbocycles. The monoisotopic (exact) mass is 401 g/mol. The smallest absolute Gasteiger partial charge is 0.270 e. The van der Waals surface area contributed by atoms with Crippen LogP contribution in [0.5, 0.6) is 0 Å². The Hall–Kier alpha value is -2.85. The van der Waals surface area contributed by atoms with Gasteiger partial charge in [-0.2, -0.15) is 0 Å². The Morgan fingerprint density at radius 3 is 2.67 bits per heavy atom. The minimum absolute atomic E-state index is 0.00377. The first-order valence-electron chi connectivity index (χ1n) is 7.86. The molecule has 0 fully saturated rings. The Bertz CT molecular complexity index is 985. The van der Waals surface area contributed by atoms with Crippen LogP contribution in [0.25, 0.3) is 11.3 Å². The molecule has 27 heavy (non-hydrogen) atoms. The highest BCUT2D eigenvalue weighted by Gasteiger charge is 2.12. The maximum absolute atomic E-state index is 12.1. The summed E-state index contributed by atoms with van der Waals surface area (Å²) in [6, 6.07) is 8.08. The zero-order chi connectivity index (χ0) is 19.4. The Labute approximate surface area is 163 Å². The summed E-state index contributed by atoms with van der Waals surface area (Å²) in [7, 11) is 0. The van der Waals surface area contributed by atoms with Crippen LogP contribution in [0.15, 0.2) is 40.9 Å². The van der Waals surface area contributed by atoms with E-state index >= 15 is 0 Å². The molecule has 10 heteroatoms. The zero-order valence-electron chi connectivity index (χ0n) is 14.5. The van der Waals surface area contributed by atoms with Crippen LogP contribution in [0.2, 0.25) is 0 Å². The van der Waals surface area contributed by atoms with Gasteiger partial charge >= 0.3 is 0 Å². The largest absolute Gasteiger partial charge is 0.301 e. The zero-order valence-corrected chi connectivity index (χ0v) is 16.1. The molecule has 0 aliphatic carbocycles. The Morgan fingerprint density at radius 2 is 1.96 bits per heavy atom. The maximum Gasteiger partial charge on any atom is 0.270 e. The second-order valence-corrected chi connectivity index (χ2v) is 7.42. The Morgan fingerprint density at radius 1 is 1.22 bits per heavy atom. The van der Waals surface area contributed by atoms with Gasteiger partial charge in [0.05, 0.1) is 16.4 Å². The molecule has 0 radical (unpaired) electrons. The number of amides is 1. The highest BCUT2D eigenvalue weighted by Crippen LogP contribution is 2.27. The number of thioether (sulfide) groups is 1. The third-order valence-corrected chi connectivity index (χ3v) is 5.00. The first-order chi connectivity index (χ1) is 12.9. The standard InChI is InChI=1S/C17H15N5O3S2/c1-10-6-11(2)19-16(18-10)27-9-15(23)21-17-20-14(8-26-17)12-4-3-5-13(7-12)22(24)25/h3-8H,9H2,1-2H3,(H,20,21,23). The number of carbonyl (C=O) groups excluding carboxylic acids is 1. The summed E-state index contributed by atoms with van der Waals surface area (Å²) in [6.07, 6.45) is 0. The van der Waals surface area contributed by atoms with E-state index in [-0.39, 0.29) is 17.3 Å². The summed E-state index contributed by atoms with van der Waals surface area (Å²) in [4.78, 5) is 35.5. The van der Waals surface area contributed by atoms with Crippen molar-refractivity contribution in [2.75, 3.05) is 11.1 Å². The normalized spacial score (nSPS) is 10.6. The van der Waals surface area contributed by atoms with Crippen LogP contribution in [0.4, 0.5) is 10.8 Å². The van der Waals surface area contributed by atoms with Crippen LogP contribution in [-0.2, 0) is 4.79 Å². The van der Waals surface area contributed by atoms with Gasteiger partial charge < -0.3 is 5.32 Å². The molecular formula is C17H15N5O3S2. The van der Waals surface area contributed by atoms with Crippen LogP contribution < -0.4 is 5.32 Å². The highest BCUT2D eigenvalue weighted by atomic mass is 32.2. The number of benzene rings is 1. The number of rotatable bonds is 6. The molecule has 3 rings (SSSR count). The molecule has 1 N–H and O–H groups in total. The number of hydrogen-bond acceptors (Lipinski definition) is 8. The summed E-state index contributed by atoms with van der Waals surface area (Å²) < 4.78 is 0. The molecule has 0 atom stereocenters. The van der Waals surface area contributed by atoms with Crippen molar-refractivity contribution in [3.63, 3.8) is 0 Å². The lowest BCUT2D eigenvalue weighted by Crippen LogP contribution is -2.14. The van der Waals surface area contributed by atoms with Gasteiger partial charge in [-0.25, -0.2) is 15.0 Å². The van der Waals surface area contributed by atoms with Crippen LogP contribution in [0, 0.1) is 24.0 Å². The van der Waals surface area contributed by atoms with Gasteiger partial charge in [0.25, 0.3) is 5.69 Å². The number of aryl methyl sites for hydroxylation is 2. The molecule has 0 saturated heterocycles. The summed E-state index contributed by atoms with van der Waals surface area (Å²) in [5.74, 6) is -0.0584. The number of thiazole rings is 1. The number of nitrogens with zero attached hydrogens (tertiary/aromatic N) is 4. The van der Waals surface area contributed by atoms with Gasteiger partial charge in [-0.3, -0.25) is 14.9 Å². The predicted molar refractivity (Wildman–Crippen MR) is 105 cm³/mol. The Balaban J connectivity index is 1.62. The first kappa shape index (κ1) is 18.9. The lowest BCUT2D eigenvalue weighted by Gasteiger charge is -2.03. The third kappa shape index (κ3) is 5.08. The van der Waals surface area contributed by atoms with Crippen molar-refractivity contribution >= 4 is 39.8 Å². The quantitative estimate of drug-likeness (QED) is 0.289. The van der Waals surface area contributed by atoms with E-state index in [9.17, 15) is 14.9 Å². The number of non-ortho nitro benzene ring substituents is 1. The molecule has 2 heterocycles. The molecular weight excluding hydrogens is 386 g/mol.